The Labute approximate surface area is 117 Å². The second-order valence-electron chi connectivity index (χ2n) is 4.49. The SMILES string of the molecule is O=P(Cn1cncn1)(c1ccccc1)c1ccccc1. The van der Waals surface area contributed by atoms with Gasteiger partial charge in [-0.05, 0) is 0 Å². The summed E-state index contributed by atoms with van der Waals surface area (Å²) in [4.78, 5) is 3.92. The van der Waals surface area contributed by atoms with Gasteiger partial charge < -0.3 is 4.57 Å². The van der Waals surface area contributed by atoms with Gasteiger partial charge >= 0.3 is 0 Å². The fourth-order valence-corrected chi connectivity index (χ4v) is 4.65. The van der Waals surface area contributed by atoms with Crippen molar-refractivity contribution in [3.05, 3.63) is 73.3 Å². The lowest BCUT2D eigenvalue weighted by Crippen LogP contribution is -2.20. The van der Waals surface area contributed by atoms with Gasteiger partial charge in [0.15, 0.2) is 7.14 Å². The maximum atomic E-state index is 13.6. The number of nitrogens with zero attached hydrogens (tertiary/aromatic N) is 3. The van der Waals surface area contributed by atoms with Crippen molar-refractivity contribution >= 4 is 17.8 Å². The highest BCUT2D eigenvalue weighted by molar-refractivity contribution is 7.77. The monoisotopic (exact) mass is 283 g/mol. The van der Waals surface area contributed by atoms with Crippen LogP contribution in [-0.4, -0.2) is 14.8 Å². The standard InChI is InChI=1S/C15H14N3OP/c19-20(13-18-12-16-11-17-18,14-7-3-1-4-8-14)15-9-5-2-6-10-15/h1-12H,13H2. The van der Waals surface area contributed by atoms with Crippen molar-refractivity contribution in [2.75, 3.05) is 0 Å². The van der Waals surface area contributed by atoms with Gasteiger partial charge in [-0.15, -0.1) is 0 Å². The predicted octanol–water partition coefficient (Wildman–Crippen LogP) is 2.25. The molecule has 0 aliphatic carbocycles. The van der Waals surface area contributed by atoms with E-state index in [0.29, 0.717) is 6.29 Å². The van der Waals surface area contributed by atoms with Gasteiger partial charge in [-0.1, -0.05) is 60.7 Å². The minimum atomic E-state index is -2.75. The third-order valence-electron chi connectivity index (χ3n) is 3.16. The van der Waals surface area contributed by atoms with Crippen LogP contribution in [0.2, 0.25) is 0 Å². The molecule has 0 saturated heterocycles. The van der Waals surface area contributed by atoms with Crippen LogP contribution >= 0.6 is 7.14 Å². The fourth-order valence-electron chi connectivity index (χ4n) is 2.16. The summed E-state index contributed by atoms with van der Waals surface area (Å²) in [6.45, 7) is 0. The van der Waals surface area contributed by atoms with Crippen LogP contribution in [0.4, 0.5) is 0 Å². The fraction of sp³-hybridized carbons (Fsp3) is 0.0667. The van der Waals surface area contributed by atoms with E-state index in [-0.39, 0.29) is 0 Å². The summed E-state index contributed by atoms with van der Waals surface area (Å²) in [6, 6.07) is 19.1. The van der Waals surface area contributed by atoms with Crippen molar-refractivity contribution < 1.29 is 4.57 Å². The first kappa shape index (κ1) is 12.8. The second kappa shape index (κ2) is 5.43. The van der Waals surface area contributed by atoms with Gasteiger partial charge in [0.1, 0.15) is 18.9 Å². The molecular formula is C15H14N3OP. The van der Waals surface area contributed by atoms with E-state index < -0.39 is 7.14 Å². The molecule has 0 aliphatic heterocycles. The third kappa shape index (κ3) is 2.43. The number of hydrogen-bond acceptors (Lipinski definition) is 3. The lowest BCUT2D eigenvalue weighted by atomic mass is 10.4. The minimum Gasteiger partial charge on any atom is -0.312 e. The van der Waals surface area contributed by atoms with Crippen molar-refractivity contribution in [1.82, 2.24) is 14.8 Å². The Kier molecular flexibility index (Phi) is 3.48. The van der Waals surface area contributed by atoms with Crippen LogP contribution in [-0.2, 0) is 10.9 Å². The zero-order chi connectivity index (χ0) is 13.8. The molecule has 0 bridgehead atoms. The number of rotatable bonds is 4. The van der Waals surface area contributed by atoms with E-state index in [1.54, 1.807) is 11.0 Å². The maximum absolute atomic E-state index is 13.6. The molecule has 0 spiro atoms. The van der Waals surface area contributed by atoms with Gasteiger partial charge in [-0.2, -0.15) is 5.10 Å². The van der Waals surface area contributed by atoms with E-state index in [4.69, 9.17) is 0 Å². The molecule has 3 rings (SSSR count). The smallest absolute Gasteiger partial charge is 0.163 e. The lowest BCUT2D eigenvalue weighted by Gasteiger charge is -2.19. The highest BCUT2D eigenvalue weighted by Gasteiger charge is 2.27. The molecule has 0 radical (unpaired) electrons. The molecule has 100 valence electrons. The molecule has 4 nitrogen and oxygen atoms in total. The van der Waals surface area contributed by atoms with Gasteiger partial charge in [0.05, 0.1) is 0 Å². The van der Waals surface area contributed by atoms with Crippen LogP contribution in [0.15, 0.2) is 73.3 Å². The van der Waals surface area contributed by atoms with E-state index >= 15 is 0 Å². The topological polar surface area (TPSA) is 47.8 Å². The Hall–Kier alpha value is -2.19. The molecule has 0 fully saturated rings. The molecule has 1 heterocycles. The molecule has 0 aliphatic rings. The molecule has 1 aromatic heterocycles. The summed E-state index contributed by atoms with van der Waals surface area (Å²) in [5, 5.41) is 5.76. The normalized spacial score (nSPS) is 11.4. The van der Waals surface area contributed by atoms with Gasteiger partial charge in [0.2, 0.25) is 0 Å². The van der Waals surface area contributed by atoms with Crippen molar-refractivity contribution in [3.63, 3.8) is 0 Å². The summed E-state index contributed by atoms with van der Waals surface area (Å²) in [5.74, 6) is 0. The molecular weight excluding hydrogens is 269 g/mol. The first-order chi connectivity index (χ1) is 9.79. The Morgan fingerprint density at radius 1 is 0.900 bits per heavy atom. The molecule has 20 heavy (non-hydrogen) atoms. The van der Waals surface area contributed by atoms with Crippen LogP contribution in [0.3, 0.4) is 0 Å². The van der Waals surface area contributed by atoms with Gasteiger partial charge in [0, 0.05) is 10.6 Å². The van der Waals surface area contributed by atoms with Gasteiger partial charge in [-0.25, -0.2) is 9.67 Å². The number of hydrogen-bond donors (Lipinski definition) is 0. The highest BCUT2D eigenvalue weighted by atomic mass is 31.2. The van der Waals surface area contributed by atoms with Crippen LogP contribution in [0.25, 0.3) is 0 Å². The van der Waals surface area contributed by atoms with Gasteiger partial charge in [0.25, 0.3) is 0 Å². The highest BCUT2D eigenvalue weighted by Crippen LogP contribution is 2.44. The van der Waals surface area contributed by atoms with Gasteiger partial charge in [-0.3, -0.25) is 0 Å². The molecule has 0 amide bonds. The van der Waals surface area contributed by atoms with Crippen molar-refractivity contribution in [2.24, 2.45) is 0 Å². The summed E-state index contributed by atoms with van der Waals surface area (Å²) in [7, 11) is -2.75. The zero-order valence-corrected chi connectivity index (χ0v) is 11.7. The van der Waals surface area contributed by atoms with Crippen molar-refractivity contribution in [3.8, 4) is 0 Å². The molecule has 0 atom stereocenters. The Bertz CT molecular complexity index is 668. The average molecular weight is 283 g/mol. The molecule has 2 aromatic carbocycles. The van der Waals surface area contributed by atoms with Crippen molar-refractivity contribution in [2.45, 2.75) is 6.29 Å². The molecule has 3 aromatic rings. The second-order valence-corrected chi connectivity index (χ2v) is 7.28. The van der Waals surface area contributed by atoms with Crippen LogP contribution in [0.1, 0.15) is 0 Å². The number of aromatic nitrogens is 3. The van der Waals surface area contributed by atoms with Crippen molar-refractivity contribution in [1.29, 1.82) is 0 Å². The molecule has 5 heteroatoms. The predicted molar refractivity (Wildman–Crippen MR) is 79.8 cm³/mol. The van der Waals surface area contributed by atoms with E-state index in [0.717, 1.165) is 10.6 Å². The summed E-state index contributed by atoms with van der Waals surface area (Å²) in [5.41, 5.74) is 0. The van der Waals surface area contributed by atoms with E-state index in [1.165, 1.54) is 6.33 Å². The maximum Gasteiger partial charge on any atom is 0.163 e. The first-order valence-electron chi connectivity index (χ1n) is 6.32. The molecule has 0 N–H and O–H groups in total. The molecule has 0 saturated carbocycles. The van der Waals surface area contributed by atoms with Crippen LogP contribution in [0.5, 0.6) is 0 Å². The Balaban J connectivity index is 2.10. The van der Waals surface area contributed by atoms with E-state index in [2.05, 4.69) is 10.1 Å². The lowest BCUT2D eigenvalue weighted by molar-refractivity contribution is 0.574. The zero-order valence-electron chi connectivity index (χ0n) is 10.8. The summed E-state index contributed by atoms with van der Waals surface area (Å²) in [6.07, 6.45) is 3.37. The third-order valence-corrected chi connectivity index (χ3v) is 6.11. The van der Waals surface area contributed by atoms with Crippen LogP contribution in [0, 0.1) is 0 Å². The summed E-state index contributed by atoms with van der Waals surface area (Å²) < 4.78 is 15.2. The largest absolute Gasteiger partial charge is 0.312 e. The number of benzene rings is 2. The Morgan fingerprint density at radius 3 is 1.90 bits per heavy atom. The van der Waals surface area contributed by atoms with E-state index in [1.807, 2.05) is 60.7 Å². The quantitative estimate of drug-likeness (QED) is 0.690. The Morgan fingerprint density at radius 2 is 1.45 bits per heavy atom. The summed E-state index contributed by atoms with van der Waals surface area (Å²) >= 11 is 0. The molecule has 0 unspecified atom stereocenters. The van der Waals surface area contributed by atoms with E-state index in [9.17, 15) is 4.57 Å². The average Bonchev–Trinajstić information content (AvgIpc) is 3.02. The van der Waals surface area contributed by atoms with Crippen LogP contribution < -0.4 is 10.6 Å². The minimum absolute atomic E-state index is 0.320. The first-order valence-corrected chi connectivity index (χ1v) is 8.21.